The third-order valence-electron chi connectivity index (χ3n) is 7.89. The highest BCUT2D eigenvalue weighted by molar-refractivity contribution is 5.85. The van der Waals surface area contributed by atoms with Crippen LogP contribution in [0.1, 0.15) is 49.6 Å². The van der Waals surface area contributed by atoms with Gasteiger partial charge >= 0.3 is 6.18 Å². The van der Waals surface area contributed by atoms with Crippen LogP contribution in [0.2, 0.25) is 0 Å². The molecule has 5 rings (SSSR count). The Morgan fingerprint density at radius 2 is 1.76 bits per heavy atom. The molecule has 4 unspecified atom stereocenters. The first-order chi connectivity index (χ1) is 18.1. The first-order valence-electron chi connectivity index (χ1n) is 13.0. The number of alkyl halides is 4. The molecule has 2 aliphatic heterocycles. The lowest BCUT2D eigenvalue weighted by Crippen LogP contribution is -2.47. The van der Waals surface area contributed by atoms with Crippen LogP contribution in [-0.4, -0.2) is 65.4 Å². The van der Waals surface area contributed by atoms with E-state index in [9.17, 15) is 17.6 Å². The number of para-hydroxylation sites is 1. The summed E-state index contributed by atoms with van der Waals surface area (Å²) in [6.07, 6.45) is -3.06. The molecule has 0 bridgehead atoms. The van der Waals surface area contributed by atoms with Crippen molar-refractivity contribution in [2.24, 2.45) is 0 Å². The summed E-state index contributed by atoms with van der Waals surface area (Å²) in [4.78, 5) is 6.43. The van der Waals surface area contributed by atoms with E-state index >= 15 is 8.78 Å². The zero-order valence-corrected chi connectivity index (χ0v) is 21.4. The van der Waals surface area contributed by atoms with Crippen LogP contribution in [0.25, 0.3) is 10.9 Å². The quantitative estimate of drug-likeness (QED) is 0.334. The van der Waals surface area contributed by atoms with Gasteiger partial charge in [-0.05, 0) is 56.9 Å². The molecule has 1 aromatic heterocycles. The van der Waals surface area contributed by atoms with Crippen molar-refractivity contribution >= 4 is 16.6 Å². The van der Waals surface area contributed by atoms with E-state index in [0.29, 0.717) is 31.6 Å². The van der Waals surface area contributed by atoms with Crippen LogP contribution in [0.4, 0.5) is 32.0 Å². The Bertz CT molecular complexity index is 1270. The van der Waals surface area contributed by atoms with Crippen molar-refractivity contribution in [3.63, 3.8) is 0 Å². The van der Waals surface area contributed by atoms with Crippen LogP contribution in [0, 0.1) is 11.6 Å². The van der Waals surface area contributed by atoms with Crippen LogP contribution in [0.15, 0.2) is 36.4 Å². The molecule has 3 aromatic rings. The Labute approximate surface area is 218 Å². The molecule has 0 saturated carbocycles. The molecule has 1 fully saturated rings. The highest BCUT2D eigenvalue weighted by atomic mass is 19.4. The number of hydrogen-bond donors (Lipinski definition) is 2. The van der Waals surface area contributed by atoms with Gasteiger partial charge in [0.2, 0.25) is 0 Å². The SMILES string of the molecule is CC1CC(Nc2cc(F)c(C3c4[nH]c5ccccc5c4CC(C)N3CC(F)(F)F)c(F)c2)CN1CCCF. The van der Waals surface area contributed by atoms with Gasteiger partial charge in [-0.1, -0.05) is 18.2 Å². The molecule has 3 heterocycles. The molecule has 2 aromatic carbocycles. The molecule has 0 amide bonds. The third kappa shape index (κ3) is 5.25. The number of nitrogens with one attached hydrogen (secondary N) is 2. The fraction of sp³-hybridized carbons (Fsp3) is 0.500. The number of anilines is 1. The summed E-state index contributed by atoms with van der Waals surface area (Å²) in [5, 5.41) is 4.02. The van der Waals surface area contributed by atoms with Crippen molar-refractivity contribution < 1.29 is 26.3 Å². The van der Waals surface area contributed by atoms with Gasteiger partial charge < -0.3 is 10.3 Å². The second-order valence-corrected chi connectivity index (χ2v) is 10.6. The number of rotatable bonds is 7. The Kier molecular flexibility index (Phi) is 7.39. The Hall–Kier alpha value is -2.72. The van der Waals surface area contributed by atoms with Crippen molar-refractivity contribution in [2.75, 3.05) is 31.6 Å². The van der Waals surface area contributed by atoms with E-state index in [4.69, 9.17) is 0 Å². The summed E-state index contributed by atoms with van der Waals surface area (Å²) < 4.78 is 85.0. The molecule has 4 nitrogen and oxygen atoms in total. The second kappa shape index (κ2) is 10.4. The highest BCUT2D eigenvalue weighted by Crippen LogP contribution is 2.44. The van der Waals surface area contributed by atoms with Gasteiger partial charge in [0.1, 0.15) is 11.6 Å². The average Bonchev–Trinajstić information content (AvgIpc) is 3.37. The maximum atomic E-state index is 15.7. The first-order valence-corrected chi connectivity index (χ1v) is 13.0. The Balaban J connectivity index is 1.50. The zero-order chi connectivity index (χ0) is 27.2. The van der Waals surface area contributed by atoms with Gasteiger partial charge in [0.25, 0.3) is 0 Å². The maximum absolute atomic E-state index is 15.7. The Morgan fingerprint density at radius 1 is 1.05 bits per heavy atom. The monoisotopic (exact) mass is 538 g/mol. The average molecular weight is 539 g/mol. The van der Waals surface area contributed by atoms with E-state index in [1.807, 2.05) is 25.1 Å². The molecular formula is C28H32F6N4. The number of aromatic nitrogens is 1. The molecule has 1 saturated heterocycles. The Morgan fingerprint density at radius 3 is 2.45 bits per heavy atom. The minimum absolute atomic E-state index is 0.0778. The highest BCUT2D eigenvalue weighted by Gasteiger charge is 2.44. The number of fused-ring (bicyclic) bond motifs is 3. The largest absolute Gasteiger partial charge is 0.401 e. The summed E-state index contributed by atoms with van der Waals surface area (Å²) >= 11 is 0. The van der Waals surface area contributed by atoms with Gasteiger partial charge in [-0.3, -0.25) is 14.2 Å². The molecule has 206 valence electrons. The smallest absolute Gasteiger partial charge is 0.381 e. The summed E-state index contributed by atoms with van der Waals surface area (Å²) in [7, 11) is 0. The van der Waals surface area contributed by atoms with Crippen LogP contribution in [0.3, 0.4) is 0 Å². The van der Waals surface area contributed by atoms with Crippen molar-refractivity contribution in [1.29, 1.82) is 0 Å². The second-order valence-electron chi connectivity index (χ2n) is 10.6. The topological polar surface area (TPSA) is 34.3 Å². The van der Waals surface area contributed by atoms with E-state index in [1.165, 1.54) is 12.1 Å². The fourth-order valence-corrected chi connectivity index (χ4v) is 6.21. The normalized spacial score (nSPS) is 24.7. The van der Waals surface area contributed by atoms with E-state index in [-0.39, 0.29) is 17.8 Å². The van der Waals surface area contributed by atoms with Gasteiger partial charge in [0.05, 0.1) is 19.3 Å². The number of benzene rings is 2. The molecule has 2 N–H and O–H groups in total. The number of nitrogens with zero attached hydrogens (tertiary/aromatic N) is 2. The maximum Gasteiger partial charge on any atom is 0.401 e. The van der Waals surface area contributed by atoms with Crippen molar-refractivity contribution in [3.05, 3.63) is 64.9 Å². The molecule has 0 aliphatic carbocycles. The van der Waals surface area contributed by atoms with Crippen LogP contribution in [0.5, 0.6) is 0 Å². The van der Waals surface area contributed by atoms with Gasteiger partial charge in [0.15, 0.2) is 0 Å². The lowest BCUT2D eigenvalue weighted by atomic mass is 9.88. The molecular weight excluding hydrogens is 506 g/mol. The van der Waals surface area contributed by atoms with Gasteiger partial charge in [0, 0.05) is 59.1 Å². The zero-order valence-electron chi connectivity index (χ0n) is 21.4. The van der Waals surface area contributed by atoms with E-state index in [0.717, 1.165) is 27.8 Å². The van der Waals surface area contributed by atoms with E-state index in [2.05, 4.69) is 15.2 Å². The van der Waals surface area contributed by atoms with Crippen molar-refractivity contribution in [1.82, 2.24) is 14.8 Å². The summed E-state index contributed by atoms with van der Waals surface area (Å²) in [6, 6.07) is 7.92. The van der Waals surface area contributed by atoms with E-state index in [1.54, 1.807) is 13.0 Å². The van der Waals surface area contributed by atoms with E-state index < -0.39 is 48.7 Å². The first kappa shape index (κ1) is 26.9. The minimum Gasteiger partial charge on any atom is -0.381 e. The molecule has 38 heavy (non-hydrogen) atoms. The molecule has 10 heteroatoms. The molecule has 0 radical (unpaired) electrons. The third-order valence-corrected chi connectivity index (χ3v) is 7.89. The number of likely N-dealkylation sites (tertiary alicyclic amines) is 1. The minimum atomic E-state index is -4.54. The van der Waals surface area contributed by atoms with Crippen molar-refractivity contribution in [3.8, 4) is 0 Å². The number of H-pyrrole nitrogens is 1. The van der Waals surface area contributed by atoms with Crippen LogP contribution >= 0.6 is 0 Å². The van der Waals surface area contributed by atoms with Gasteiger partial charge in [-0.2, -0.15) is 13.2 Å². The van der Waals surface area contributed by atoms with Crippen LogP contribution in [-0.2, 0) is 6.42 Å². The number of hydrogen-bond acceptors (Lipinski definition) is 3. The summed E-state index contributed by atoms with van der Waals surface area (Å²) in [5.74, 6) is -1.80. The van der Waals surface area contributed by atoms with Crippen molar-refractivity contribution in [2.45, 2.75) is 63.5 Å². The number of halogens is 6. The number of aromatic amines is 1. The lowest BCUT2D eigenvalue weighted by molar-refractivity contribution is -0.155. The fourth-order valence-electron chi connectivity index (χ4n) is 6.21. The van der Waals surface area contributed by atoms with Gasteiger partial charge in [-0.15, -0.1) is 0 Å². The molecule has 2 aliphatic rings. The van der Waals surface area contributed by atoms with Crippen LogP contribution < -0.4 is 5.32 Å². The lowest BCUT2D eigenvalue weighted by Gasteiger charge is -2.41. The van der Waals surface area contributed by atoms with Gasteiger partial charge in [-0.25, -0.2) is 8.78 Å². The molecule has 4 atom stereocenters. The summed E-state index contributed by atoms with van der Waals surface area (Å²) in [5.41, 5.74) is 1.72. The standard InChI is InChI=1S/C28H32F6N4/c1-16-10-19(14-37(16)9-5-8-29)35-18-12-22(30)25(23(31)13-18)27-26-21(20-6-3-4-7-24(20)36-26)11-17(2)38(27)15-28(32,33)34/h3-4,6-7,12-13,16-17,19,27,35-36H,5,8-11,14-15H2,1-2H3. The predicted octanol–water partition coefficient (Wildman–Crippen LogP) is 6.58. The molecule has 0 spiro atoms. The summed E-state index contributed by atoms with van der Waals surface area (Å²) in [6.45, 7) is 3.22. The predicted molar refractivity (Wildman–Crippen MR) is 136 cm³/mol.